The van der Waals surface area contributed by atoms with E-state index in [2.05, 4.69) is 5.32 Å². The predicted octanol–water partition coefficient (Wildman–Crippen LogP) is 1.68. The van der Waals surface area contributed by atoms with Crippen molar-refractivity contribution in [2.24, 2.45) is 0 Å². The molecule has 1 fully saturated rings. The van der Waals surface area contributed by atoms with E-state index in [4.69, 9.17) is 16.3 Å². The minimum Gasteiger partial charge on any atom is -0.452 e. The quantitative estimate of drug-likeness (QED) is 0.506. The van der Waals surface area contributed by atoms with Crippen molar-refractivity contribution in [3.8, 4) is 0 Å². The summed E-state index contributed by atoms with van der Waals surface area (Å²) >= 11 is 5.64. The van der Waals surface area contributed by atoms with Crippen LogP contribution in [0.4, 0.5) is 5.69 Å². The van der Waals surface area contributed by atoms with E-state index in [1.807, 2.05) is 0 Å². The van der Waals surface area contributed by atoms with Crippen LogP contribution < -0.4 is 5.32 Å². The lowest BCUT2D eigenvalue weighted by Crippen LogP contribution is -2.30. The third-order valence-corrected chi connectivity index (χ3v) is 2.89. The van der Waals surface area contributed by atoms with Gasteiger partial charge in [-0.2, -0.15) is 0 Å². The smallest absolute Gasteiger partial charge is 0.345 e. The van der Waals surface area contributed by atoms with E-state index in [1.165, 1.54) is 12.1 Å². The first kappa shape index (κ1) is 14.3. The molecule has 0 heterocycles. The van der Waals surface area contributed by atoms with E-state index >= 15 is 0 Å². The fraction of sp³-hybridized carbons (Fsp3) is 0.333. The molecule has 106 valence electrons. The molecule has 0 aromatic heterocycles. The number of carbonyl (C=O) groups is 2. The molecule has 1 aliphatic carbocycles. The summed E-state index contributed by atoms with van der Waals surface area (Å²) in [7, 11) is 0. The third kappa shape index (κ3) is 3.67. The van der Waals surface area contributed by atoms with E-state index in [9.17, 15) is 19.7 Å². The molecular formula is C12H11ClN2O5. The molecular weight excluding hydrogens is 288 g/mol. The second-order valence-electron chi connectivity index (χ2n) is 4.34. The number of esters is 1. The standard InChI is InChI=1S/C12H11ClN2O5/c13-7-1-4-9(10(5-7)15(18)19)12(17)20-6-11(16)14-8-2-3-8/h1,4-5,8H,2-3,6H2,(H,14,16). The van der Waals surface area contributed by atoms with Crippen LogP contribution in [0.25, 0.3) is 0 Å². The van der Waals surface area contributed by atoms with E-state index in [-0.39, 0.29) is 16.6 Å². The summed E-state index contributed by atoms with van der Waals surface area (Å²) in [5.74, 6) is -1.35. The molecule has 1 amide bonds. The average molecular weight is 299 g/mol. The summed E-state index contributed by atoms with van der Waals surface area (Å²) in [6.45, 7) is -0.463. The zero-order valence-electron chi connectivity index (χ0n) is 10.3. The first-order chi connectivity index (χ1) is 9.47. The number of nitro benzene ring substituents is 1. The number of benzene rings is 1. The number of hydrogen-bond acceptors (Lipinski definition) is 5. The highest BCUT2D eigenvalue weighted by Crippen LogP contribution is 2.24. The highest BCUT2D eigenvalue weighted by molar-refractivity contribution is 6.31. The number of rotatable bonds is 5. The monoisotopic (exact) mass is 298 g/mol. The second kappa shape index (κ2) is 5.87. The van der Waals surface area contributed by atoms with E-state index in [1.54, 1.807) is 0 Å². The molecule has 20 heavy (non-hydrogen) atoms. The van der Waals surface area contributed by atoms with Crippen molar-refractivity contribution in [2.75, 3.05) is 6.61 Å². The van der Waals surface area contributed by atoms with Crippen molar-refractivity contribution in [2.45, 2.75) is 18.9 Å². The van der Waals surface area contributed by atoms with E-state index < -0.39 is 29.1 Å². The maximum Gasteiger partial charge on any atom is 0.345 e. The molecule has 0 aliphatic heterocycles. The van der Waals surface area contributed by atoms with Gasteiger partial charge in [0.2, 0.25) is 0 Å². The molecule has 1 saturated carbocycles. The van der Waals surface area contributed by atoms with Crippen LogP contribution in [-0.2, 0) is 9.53 Å². The largest absolute Gasteiger partial charge is 0.452 e. The van der Waals surface area contributed by atoms with Crippen molar-refractivity contribution in [3.05, 3.63) is 38.9 Å². The summed E-state index contributed by atoms with van der Waals surface area (Å²) in [5, 5.41) is 13.6. The molecule has 1 N–H and O–H groups in total. The number of halogens is 1. The van der Waals surface area contributed by atoms with Crippen molar-refractivity contribution >= 4 is 29.2 Å². The molecule has 0 spiro atoms. The zero-order chi connectivity index (χ0) is 14.7. The van der Waals surface area contributed by atoms with Gasteiger partial charge in [0.1, 0.15) is 5.56 Å². The van der Waals surface area contributed by atoms with E-state index in [0.29, 0.717) is 0 Å². The second-order valence-corrected chi connectivity index (χ2v) is 4.77. The molecule has 2 rings (SSSR count). The number of nitro groups is 1. The lowest BCUT2D eigenvalue weighted by atomic mass is 10.2. The van der Waals surface area contributed by atoms with Gasteiger partial charge in [-0.1, -0.05) is 11.6 Å². The van der Waals surface area contributed by atoms with Gasteiger partial charge in [-0.25, -0.2) is 4.79 Å². The molecule has 0 atom stereocenters. The maximum absolute atomic E-state index is 11.7. The lowest BCUT2D eigenvalue weighted by Gasteiger charge is -2.06. The van der Waals surface area contributed by atoms with Crippen molar-refractivity contribution in [1.29, 1.82) is 0 Å². The van der Waals surface area contributed by atoms with Crippen LogP contribution in [-0.4, -0.2) is 29.4 Å². The predicted molar refractivity (Wildman–Crippen MR) is 69.6 cm³/mol. The van der Waals surface area contributed by atoms with Crippen LogP contribution >= 0.6 is 11.6 Å². The molecule has 0 bridgehead atoms. The molecule has 8 heteroatoms. The molecule has 1 aromatic rings. The Labute approximate surface area is 119 Å². The van der Waals surface area contributed by atoms with Gasteiger partial charge in [0, 0.05) is 17.1 Å². The van der Waals surface area contributed by atoms with Crippen LogP contribution in [0.1, 0.15) is 23.2 Å². The lowest BCUT2D eigenvalue weighted by molar-refractivity contribution is -0.385. The highest BCUT2D eigenvalue weighted by Gasteiger charge is 2.25. The summed E-state index contributed by atoms with van der Waals surface area (Å²) in [6.07, 6.45) is 1.84. The van der Waals surface area contributed by atoms with Crippen LogP contribution in [0, 0.1) is 10.1 Å². The van der Waals surface area contributed by atoms with Gasteiger partial charge in [-0.05, 0) is 25.0 Å². The van der Waals surface area contributed by atoms with Crippen molar-refractivity contribution < 1.29 is 19.2 Å². The third-order valence-electron chi connectivity index (χ3n) is 2.65. The van der Waals surface area contributed by atoms with Gasteiger partial charge in [0.25, 0.3) is 11.6 Å². The average Bonchev–Trinajstić information content (AvgIpc) is 3.19. The van der Waals surface area contributed by atoms with Crippen molar-refractivity contribution in [1.82, 2.24) is 5.32 Å². The van der Waals surface area contributed by atoms with Crippen molar-refractivity contribution in [3.63, 3.8) is 0 Å². The Kier molecular flexibility index (Phi) is 4.19. The number of amides is 1. The van der Waals surface area contributed by atoms with Gasteiger partial charge in [-0.15, -0.1) is 0 Å². The number of hydrogen-bond donors (Lipinski definition) is 1. The Morgan fingerprint density at radius 3 is 2.75 bits per heavy atom. The Balaban J connectivity index is 2.01. The number of nitrogens with one attached hydrogen (secondary N) is 1. The number of nitrogens with zero attached hydrogens (tertiary/aromatic N) is 1. The minimum atomic E-state index is -0.931. The van der Waals surface area contributed by atoms with Gasteiger partial charge < -0.3 is 10.1 Å². The zero-order valence-corrected chi connectivity index (χ0v) is 11.1. The van der Waals surface area contributed by atoms with E-state index in [0.717, 1.165) is 18.9 Å². The van der Waals surface area contributed by atoms with Gasteiger partial charge in [0.15, 0.2) is 6.61 Å². The number of ether oxygens (including phenoxy) is 1. The summed E-state index contributed by atoms with van der Waals surface area (Å²) < 4.78 is 4.75. The van der Waals surface area contributed by atoms with Gasteiger partial charge >= 0.3 is 5.97 Å². The Morgan fingerprint density at radius 2 is 2.15 bits per heavy atom. The summed E-state index contributed by atoms with van der Waals surface area (Å²) in [5.41, 5.74) is -0.691. The molecule has 0 unspecified atom stereocenters. The number of carbonyl (C=O) groups excluding carboxylic acids is 2. The molecule has 0 radical (unpaired) electrons. The summed E-state index contributed by atoms with van der Waals surface area (Å²) in [4.78, 5) is 33.2. The van der Waals surface area contributed by atoms with Crippen LogP contribution in [0.2, 0.25) is 5.02 Å². The first-order valence-electron chi connectivity index (χ1n) is 5.88. The van der Waals surface area contributed by atoms with Crippen LogP contribution in [0.3, 0.4) is 0 Å². The fourth-order valence-corrected chi connectivity index (χ4v) is 1.70. The molecule has 0 saturated heterocycles. The maximum atomic E-state index is 11.7. The fourth-order valence-electron chi connectivity index (χ4n) is 1.53. The van der Waals surface area contributed by atoms with Crippen LogP contribution in [0.15, 0.2) is 18.2 Å². The topological polar surface area (TPSA) is 98.5 Å². The minimum absolute atomic E-state index is 0.139. The molecule has 1 aliphatic rings. The Morgan fingerprint density at radius 1 is 1.45 bits per heavy atom. The SMILES string of the molecule is O=C(COC(=O)c1ccc(Cl)cc1[N+](=O)[O-])NC1CC1. The normalized spacial score (nSPS) is 13.7. The Hall–Kier alpha value is -2.15. The summed E-state index contributed by atoms with van der Waals surface area (Å²) in [6, 6.07) is 3.76. The first-order valence-corrected chi connectivity index (χ1v) is 6.25. The molecule has 7 nitrogen and oxygen atoms in total. The highest BCUT2D eigenvalue weighted by atomic mass is 35.5. The van der Waals surface area contributed by atoms with Gasteiger partial charge in [-0.3, -0.25) is 14.9 Å². The molecule has 1 aromatic carbocycles. The Bertz CT molecular complexity index is 571. The van der Waals surface area contributed by atoms with Crippen LogP contribution in [0.5, 0.6) is 0 Å². The van der Waals surface area contributed by atoms with Gasteiger partial charge in [0.05, 0.1) is 4.92 Å².